The van der Waals surface area contributed by atoms with Crippen molar-refractivity contribution in [3.05, 3.63) is 108 Å². The number of benzene rings is 3. The Balaban J connectivity index is 1.39. The van der Waals surface area contributed by atoms with Crippen LogP contribution < -0.4 is 10.6 Å². The molecule has 0 aliphatic carbocycles. The lowest BCUT2D eigenvalue weighted by atomic mass is 9.92. The molecule has 2 N–H and O–H groups in total. The quantitative estimate of drug-likeness (QED) is 0.296. The minimum atomic E-state index is -0.419. The third-order valence-electron chi connectivity index (χ3n) is 6.36. The summed E-state index contributed by atoms with van der Waals surface area (Å²) in [5, 5.41) is 5.95. The minimum absolute atomic E-state index is 0.0382. The highest BCUT2D eigenvalue weighted by Gasteiger charge is 2.19. The molecule has 0 radical (unpaired) electrons. The molecule has 1 atom stereocenters. The van der Waals surface area contributed by atoms with Gasteiger partial charge in [-0.2, -0.15) is 0 Å². The lowest BCUT2D eigenvalue weighted by Gasteiger charge is -2.19. The number of hydrogen-bond acceptors (Lipinski definition) is 3. The van der Waals surface area contributed by atoms with Crippen molar-refractivity contribution < 1.29 is 14.3 Å². The average molecular weight is 487 g/mol. The van der Waals surface area contributed by atoms with Crippen LogP contribution in [0.3, 0.4) is 0 Å². The molecule has 0 unspecified atom stereocenters. The molecular formula is C31H38N2O3. The zero-order valence-corrected chi connectivity index (χ0v) is 21.2. The molecule has 0 saturated heterocycles. The van der Waals surface area contributed by atoms with E-state index in [0.29, 0.717) is 13.1 Å². The van der Waals surface area contributed by atoms with E-state index < -0.39 is 6.09 Å². The molecule has 0 bridgehead atoms. The summed E-state index contributed by atoms with van der Waals surface area (Å²) < 4.78 is 5.25. The predicted molar refractivity (Wildman–Crippen MR) is 144 cm³/mol. The van der Waals surface area contributed by atoms with E-state index in [0.717, 1.165) is 37.7 Å². The molecule has 0 heterocycles. The van der Waals surface area contributed by atoms with Gasteiger partial charge in [0.25, 0.3) is 0 Å². The fourth-order valence-electron chi connectivity index (χ4n) is 4.09. The maximum absolute atomic E-state index is 13.1. The van der Waals surface area contributed by atoms with Crippen molar-refractivity contribution in [3.8, 4) is 0 Å². The molecule has 190 valence electrons. The molecule has 3 aromatic carbocycles. The maximum atomic E-state index is 13.1. The van der Waals surface area contributed by atoms with Gasteiger partial charge in [0.2, 0.25) is 5.91 Å². The first kappa shape index (κ1) is 27.0. The van der Waals surface area contributed by atoms with Crippen molar-refractivity contribution in [1.82, 2.24) is 10.6 Å². The van der Waals surface area contributed by atoms with Gasteiger partial charge in [-0.05, 0) is 54.7 Å². The number of rotatable bonds is 14. The van der Waals surface area contributed by atoms with Crippen molar-refractivity contribution in [1.29, 1.82) is 0 Å². The molecule has 0 spiro atoms. The fraction of sp³-hybridized carbons (Fsp3) is 0.355. The van der Waals surface area contributed by atoms with Crippen molar-refractivity contribution >= 4 is 12.0 Å². The lowest BCUT2D eigenvalue weighted by Crippen LogP contribution is -2.35. The highest BCUT2D eigenvalue weighted by atomic mass is 16.5. The summed E-state index contributed by atoms with van der Waals surface area (Å²) in [4.78, 5) is 25.0. The first-order chi connectivity index (χ1) is 17.6. The summed E-state index contributed by atoms with van der Waals surface area (Å²) in [5.41, 5.74) is 3.47. The number of aryl methyl sites for hydroxylation is 2. The number of amides is 2. The topological polar surface area (TPSA) is 67.4 Å². The van der Waals surface area contributed by atoms with Crippen LogP contribution in [0.1, 0.15) is 42.9 Å². The number of alkyl carbamates (subject to hydrolysis) is 1. The van der Waals surface area contributed by atoms with Crippen LogP contribution in [0, 0.1) is 11.8 Å². The summed E-state index contributed by atoms with van der Waals surface area (Å²) in [7, 11) is 0. The Kier molecular flexibility index (Phi) is 11.6. The molecule has 0 saturated carbocycles. The van der Waals surface area contributed by atoms with Crippen molar-refractivity contribution in [2.45, 2.75) is 45.6 Å². The molecule has 0 aliphatic heterocycles. The smallest absolute Gasteiger partial charge is 0.407 e. The molecule has 0 aromatic heterocycles. The normalized spacial score (nSPS) is 11.6. The van der Waals surface area contributed by atoms with Crippen LogP contribution in [-0.2, 0) is 29.0 Å². The third-order valence-corrected chi connectivity index (χ3v) is 6.36. The largest absolute Gasteiger partial charge is 0.445 e. The van der Waals surface area contributed by atoms with E-state index in [1.165, 1.54) is 11.1 Å². The Morgan fingerprint density at radius 3 is 1.72 bits per heavy atom. The molecule has 3 rings (SSSR count). The van der Waals surface area contributed by atoms with Crippen LogP contribution in [0.5, 0.6) is 0 Å². The number of ether oxygens (including phenoxy) is 1. The predicted octanol–water partition coefficient (Wildman–Crippen LogP) is 5.94. The molecule has 0 aliphatic rings. The monoisotopic (exact) mass is 486 g/mol. The minimum Gasteiger partial charge on any atom is -0.445 e. The average Bonchev–Trinajstić information content (AvgIpc) is 2.92. The van der Waals surface area contributed by atoms with Gasteiger partial charge in [-0.25, -0.2) is 4.79 Å². The van der Waals surface area contributed by atoms with Gasteiger partial charge in [0.1, 0.15) is 6.61 Å². The van der Waals surface area contributed by atoms with Crippen LogP contribution in [0.2, 0.25) is 0 Å². The van der Waals surface area contributed by atoms with Gasteiger partial charge in [-0.1, -0.05) is 97.9 Å². The molecule has 2 amide bonds. The van der Waals surface area contributed by atoms with Crippen LogP contribution in [0.4, 0.5) is 4.79 Å². The fourth-order valence-corrected chi connectivity index (χ4v) is 4.09. The summed E-state index contributed by atoms with van der Waals surface area (Å²) in [6, 6.07) is 30.3. The number of carbonyl (C=O) groups excluding carboxylic acids is 2. The van der Waals surface area contributed by atoms with E-state index >= 15 is 0 Å². The van der Waals surface area contributed by atoms with Gasteiger partial charge in [-0.15, -0.1) is 0 Å². The number of nitrogens with one attached hydrogen (secondary N) is 2. The van der Waals surface area contributed by atoms with E-state index in [9.17, 15) is 9.59 Å². The van der Waals surface area contributed by atoms with E-state index in [-0.39, 0.29) is 24.3 Å². The lowest BCUT2D eigenvalue weighted by molar-refractivity contribution is -0.125. The Morgan fingerprint density at radius 2 is 1.19 bits per heavy atom. The number of carbonyl (C=O) groups is 2. The van der Waals surface area contributed by atoms with Gasteiger partial charge < -0.3 is 15.4 Å². The zero-order valence-electron chi connectivity index (χ0n) is 21.2. The SMILES string of the molecule is C[C@@H](CCNC(=O)OCc1ccccc1)CNC(=O)C(CCc1ccccc1)CCc1ccccc1. The van der Waals surface area contributed by atoms with Crippen LogP contribution in [-0.4, -0.2) is 25.1 Å². The van der Waals surface area contributed by atoms with Gasteiger partial charge >= 0.3 is 6.09 Å². The van der Waals surface area contributed by atoms with Crippen molar-refractivity contribution in [2.24, 2.45) is 11.8 Å². The van der Waals surface area contributed by atoms with E-state index in [4.69, 9.17) is 4.74 Å². The third kappa shape index (κ3) is 10.3. The summed E-state index contributed by atoms with van der Waals surface area (Å²) in [6.07, 6.45) is 3.77. The molecule has 36 heavy (non-hydrogen) atoms. The maximum Gasteiger partial charge on any atom is 0.407 e. The summed E-state index contributed by atoms with van der Waals surface area (Å²) in [5.74, 6) is 0.319. The number of hydrogen-bond donors (Lipinski definition) is 2. The van der Waals surface area contributed by atoms with Gasteiger partial charge in [-0.3, -0.25) is 4.79 Å². The van der Waals surface area contributed by atoms with E-state index in [1.807, 2.05) is 66.7 Å². The Bertz CT molecular complexity index is 982. The van der Waals surface area contributed by atoms with E-state index in [2.05, 4.69) is 41.8 Å². The standard InChI is InChI=1S/C31H38N2O3/c1-25(21-22-32-31(35)36-24-28-15-9-4-10-16-28)23-33-30(34)29(19-17-26-11-5-2-6-12-26)20-18-27-13-7-3-8-14-27/h2-16,25,29H,17-24H2,1H3,(H,32,35)(H,33,34)/t25-/m0/s1. The van der Waals surface area contributed by atoms with E-state index in [1.54, 1.807) is 0 Å². The summed E-state index contributed by atoms with van der Waals surface area (Å²) >= 11 is 0. The van der Waals surface area contributed by atoms with Crippen molar-refractivity contribution in [2.75, 3.05) is 13.1 Å². The van der Waals surface area contributed by atoms with Gasteiger partial charge in [0.05, 0.1) is 0 Å². The molecule has 0 fully saturated rings. The molecule has 5 nitrogen and oxygen atoms in total. The second-order valence-corrected chi connectivity index (χ2v) is 9.37. The summed E-state index contributed by atoms with van der Waals surface area (Å²) in [6.45, 7) is 3.44. The molecule has 3 aromatic rings. The zero-order chi connectivity index (χ0) is 25.4. The van der Waals surface area contributed by atoms with Gasteiger partial charge in [0.15, 0.2) is 0 Å². The van der Waals surface area contributed by atoms with Crippen LogP contribution in [0.25, 0.3) is 0 Å². The first-order valence-corrected chi connectivity index (χ1v) is 12.9. The second-order valence-electron chi connectivity index (χ2n) is 9.37. The van der Waals surface area contributed by atoms with Crippen molar-refractivity contribution in [3.63, 3.8) is 0 Å². The second kappa shape index (κ2) is 15.4. The Labute approximate surface area is 215 Å². The van der Waals surface area contributed by atoms with Gasteiger partial charge in [0, 0.05) is 19.0 Å². The molecular weight excluding hydrogens is 448 g/mol. The van der Waals surface area contributed by atoms with Crippen LogP contribution in [0.15, 0.2) is 91.0 Å². The first-order valence-electron chi connectivity index (χ1n) is 12.9. The Hall–Kier alpha value is -3.60. The molecule has 5 heteroatoms. The Morgan fingerprint density at radius 1 is 0.694 bits per heavy atom. The highest BCUT2D eigenvalue weighted by Crippen LogP contribution is 2.17. The highest BCUT2D eigenvalue weighted by molar-refractivity contribution is 5.78. The van der Waals surface area contributed by atoms with Crippen LogP contribution >= 0.6 is 0 Å².